The summed E-state index contributed by atoms with van der Waals surface area (Å²) in [6.45, 7) is 1.94. The van der Waals surface area contributed by atoms with Gasteiger partial charge in [0.25, 0.3) is 0 Å². The lowest BCUT2D eigenvalue weighted by Gasteiger charge is -2.13. The summed E-state index contributed by atoms with van der Waals surface area (Å²) in [5, 5.41) is 10.2. The summed E-state index contributed by atoms with van der Waals surface area (Å²) >= 11 is 4.99. The van der Waals surface area contributed by atoms with Crippen molar-refractivity contribution in [1.82, 2.24) is 4.98 Å². The molecule has 1 aromatic carbocycles. The summed E-state index contributed by atoms with van der Waals surface area (Å²) in [4.78, 5) is 5.18. The fraction of sp³-hybridized carbons (Fsp3) is 0.214. The van der Waals surface area contributed by atoms with Crippen LogP contribution >= 0.6 is 27.7 Å². The Labute approximate surface area is 125 Å². The molecule has 0 aliphatic heterocycles. The van der Waals surface area contributed by atoms with Gasteiger partial charge >= 0.3 is 0 Å². The quantitative estimate of drug-likeness (QED) is 0.837. The van der Waals surface area contributed by atoms with E-state index >= 15 is 0 Å². The number of nitrogens with two attached hydrogens (primary N) is 1. The minimum absolute atomic E-state index is 0.398. The SMILES string of the molecule is Cc1cnc(N)c(C(O)CSc2ccc(Br)cc2)c1. The Morgan fingerprint density at radius 3 is 2.74 bits per heavy atom. The van der Waals surface area contributed by atoms with Crippen LogP contribution in [0.4, 0.5) is 5.82 Å². The van der Waals surface area contributed by atoms with Gasteiger partial charge in [0.15, 0.2) is 0 Å². The number of pyridine rings is 1. The molecule has 0 saturated heterocycles. The number of nitrogen functional groups attached to an aromatic ring is 1. The molecular weight excluding hydrogens is 324 g/mol. The third-order valence-corrected chi connectivity index (χ3v) is 4.28. The molecule has 0 aliphatic carbocycles. The smallest absolute Gasteiger partial charge is 0.129 e. The number of anilines is 1. The molecule has 19 heavy (non-hydrogen) atoms. The predicted molar refractivity (Wildman–Crippen MR) is 83.2 cm³/mol. The van der Waals surface area contributed by atoms with Crippen molar-refractivity contribution in [3.8, 4) is 0 Å². The first kappa shape index (κ1) is 14.4. The molecule has 1 atom stereocenters. The fourth-order valence-electron chi connectivity index (χ4n) is 1.67. The van der Waals surface area contributed by atoms with E-state index in [9.17, 15) is 5.11 Å². The number of hydrogen-bond acceptors (Lipinski definition) is 4. The van der Waals surface area contributed by atoms with Crippen molar-refractivity contribution in [3.63, 3.8) is 0 Å². The van der Waals surface area contributed by atoms with Crippen LogP contribution in [0.5, 0.6) is 0 Å². The standard InChI is InChI=1S/C14H15BrN2OS/c1-9-6-12(14(16)17-7-9)13(18)8-19-11-4-2-10(15)3-5-11/h2-7,13,18H,8H2,1H3,(H2,16,17). The maximum absolute atomic E-state index is 10.2. The Morgan fingerprint density at radius 1 is 1.37 bits per heavy atom. The van der Waals surface area contributed by atoms with E-state index in [0.29, 0.717) is 17.1 Å². The summed E-state index contributed by atoms with van der Waals surface area (Å²) in [5.41, 5.74) is 7.49. The summed E-state index contributed by atoms with van der Waals surface area (Å²) in [6.07, 6.45) is 1.09. The van der Waals surface area contributed by atoms with Gasteiger partial charge in [-0.05, 0) is 42.8 Å². The van der Waals surface area contributed by atoms with E-state index in [1.807, 2.05) is 37.3 Å². The van der Waals surface area contributed by atoms with Crippen molar-refractivity contribution in [2.45, 2.75) is 17.9 Å². The largest absolute Gasteiger partial charge is 0.387 e. The molecule has 5 heteroatoms. The lowest BCUT2D eigenvalue weighted by Crippen LogP contribution is -2.06. The average Bonchev–Trinajstić information content (AvgIpc) is 2.40. The number of aromatic nitrogens is 1. The molecule has 2 aromatic rings. The number of benzene rings is 1. The Balaban J connectivity index is 2.03. The van der Waals surface area contributed by atoms with Gasteiger partial charge in [0.1, 0.15) is 5.82 Å². The van der Waals surface area contributed by atoms with E-state index in [4.69, 9.17) is 5.73 Å². The van der Waals surface area contributed by atoms with E-state index < -0.39 is 6.10 Å². The zero-order valence-electron chi connectivity index (χ0n) is 10.5. The van der Waals surface area contributed by atoms with E-state index in [0.717, 1.165) is 14.9 Å². The second kappa shape index (κ2) is 6.41. The number of hydrogen-bond donors (Lipinski definition) is 2. The van der Waals surface area contributed by atoms with Gasteiger partial charge in [0.05, 0.1) is 6.10 Å². The third-order valence-electron chi connectivity index (χ3n) is 2.67. The third kappa shape index (κ3) is 3.96. The van der Waals surface area contributed by atoms with Crippen LogP contribution in [-0.4, -0.2) is 15.8 Å². The lowest BCUT2D eigenvalue weighted by molar-refractivity contribution is 0.204. The van der Waals surface area contributed by atoms with Gasteiger partial charge in [0.2, 0.25) is 0 Å². The molecule has 1 aromatic heterocycles. The average molecular weight is 339 g/mol. The second-order valence-corrected chi connectivity index (χ2v) is 6.28. The van der Waals surface area contributed by atoms with Crippen LogP contribution in [-0.2, 0) is 0 Å². The van der Waals surface area contributed by atoms with Gasteiger partial charge in [-0.15, -0.1) is 11.8 Å². The lowest BCUT2D eigenvalue weighted by atomic mass is 10.1. The van der Waals surface area contributed by atoms with Crippen molar-refractivity contribution >= 4 is 33.5 Å². The number of nitrogens with zero attached hydrogens (tertiary/aromatic N) is 1. The Morgan fingerprint density at radius 2 is 2.05 bits per heavy atom. The maximum Gasteiger partial charge on any atom is 0.129 e. The highest BCUT2D eigenvalue weighted by Crippen LogP contribution is 2.28. The van der Waals surface area contributed by atoms with Gasteiger partial charge in [-0.2, -0.15) is 0 Å². The van der Waals surface area contributed by atoms with Gasteiger partial charge in [-0.3, -0.25) is 0 Å². The summed E-state index contributed by atoms with van der Waals surface area (Å²) in [7, 11) is 0. The number of aliphatic hydroxyl groups excluding tert-OH is 1. The van der Waals surface area contributed by atoms with Crippen molar-refractivity contribution < 1.29 is 5.11 Å². The van der Waals surface area contributed by atoms with Crippen LogP contribution in [0.2, 0.25) is 0 Å². The second-order valence-electron chi connectivity index (χ2n) is 4.27. The van der Waals surface area contributed by atoms with Gasteiger partial charge in [-0.25, -0.2) is 4.98 Å². The molecule has 0 amide bonds. The first-order valence-electron chi connectivity index (χ1n) is 5.84. The molecule has 0 spiro atoms. The number of thioether (sulfide) groups is 1. The fourth-order valence-corrected chi connectivity index (χ4v) is 2.79. The molecule has 3 nitrogen and oxygen atoms in total. The minimum Gasteiger partial charge on any atom is -0.387 e. The molecule has 0 radical (unpaired) electrons. The van der Waals surface area contributed by atoms with Crippen LogP contribution in [0.25, 0.3) is 0 Å². The normalized spacial score (nSPS) is 12.4. The highest BCUT2D eigenvalue weighted by Gasteiger charge is 2.12. The number of rotatable bonds is 4. The zero-order valence-corrected chi connectivity index (χ0v) is 12.9. The molecule has 0 bridgehead atoms. The Kier molecular flexibility index (Phi) is 4.85. The van der Waals surface area contributed by atoms with Crippen LogP contribution in [0.15, 0.2) is 45.9 Å². The number of aliphatic hydroxyl groups is 1. The minimum atomic E-state index is -0.610. The topological polar surface area (TPSA) is 59.1 Å². The van der Waals surface area contributed by atoms with Crippen LogP contribution < -0.4 is 5.73 Å². The van der Waals surface area contributed by atoms with E-state index in [1.165, 1.54) is 0 Å². The van der Waals surface area contributed by atoms with Crippen molar-refractivity contribution in [1.29, 1.82) is 0 Å². The van der Waals surface area contributed by atoms with E-state index in [1.54, 1.807) is 18.0 Å². The van der Waals surface area contributed by atoms with E-state index in [-0.39, 0.29) is 0 Å². The highest BCUT2D eigenvalue weighted by atomic mass is 79.9. The Bertz CT molecular complexity index is 560. The molecule has 2 rings (SSSR count). The highest BCUT2D eigenvalue weighted by molar-refractivity contribution is 9.10. The van der Waals surface area contributed by atoms with Gasteiger partial charge in [-0.1, -0.05) is 15.9 Å². The zero-order chi connectivity index (χ0) is 13.8. The first-order valence-corrected chi connectivity index (χ1v) is 7.62. The summed E-state index contributed by atoms with van der Waals surface area (Å²) in [5.74, 6) is 0.950. The molecule has 1 heterocycles. The van der Waals surface area contributed by atoms with E-state index in [2.05, 4.69) is 20.9 Å². The Hall–Kier alpha value is -1.04. The molecule has 0 aliphatic rings. The molecule has 3 N–H and O–H groups in total. The summed E-state index contributed by atoms with van der Waals surface area (Å²) < 4.78 is 1.05. The van der Waals surface area contributed by atoms with Crippen molar-refractivity contribution in [2.24, 2.45) is 0 Å². The van der Waals surface area contributed by atoms with Crippen molar-refractivity contribution in [2.75, 3.05) is 11.5 Å². The molecule has 100 valence electrons. The summed E-state index contributed by atoms with van der Waals surface area (Å²) in [6, 6.07) is 9.88. The van der Waals surface area contributed by atoms with Gasteiger partial charge < -0.3 is 10.8 Å². The number of aryl methyl sites for hydroxylation is 1. The molecule has 0 saturated carbocycles. The molecular formula is C14H15BrN2OS. The van der Waals surface area contributed by atoms with Gasteiger partial charge in [0, 0.05) is 26.9 Å². The van der Waals surface area contributed by atoms with Crippen LogP contribution in [0, 0.1) is 6.92 Å². The maximum atomic E-state index is 10.2. The molecule has 1 unspecified atom stereocenters. The van der Waals surface area contributed by atoms with Crippen LogP contribution in [0.3, 0.4) is 0 Å². The first-order chi connectivity index (χ1) is 9.06. The van der Waals surface area contributed by atoms with Crippen molar-refractivity contribution in [3.05, 3.63) is 52.1 Å². The monoisotopic (exact) mass is 338 g/mol. The predicted octanol–water partition coefficient (Wildman–Crippen LogP) is 3.56. The molecule has 0 fully saturated rings. The van der Waals surface area contributed by atoms with Crippen LogP contribution in [0.1, 0.15) is 17.2 Å². The number of halogens is 1.